The number of para-hydroxylation sites is 2. The maximum Gasteiger partial charge on any atom is 0.274 e. The molecule has 4 rings (SSSR count). The maximum absolute atomic E-state index is 12.8. The Kier molecular flexibility index (Phi) is 4.66. The van der Waals surface area contributed by atoms with Gasteiger partial charge < -0.3 is 4.90 Å². The first-order chi connectivity index (χ1) is 13.1. The quantitative estimate of drug-likeness (QED) is 0.711. The number of aryl methyl sites for hydroxylation is 1. The van der Waals surface area contributed by atoms with Gasteiger partial charge in [0.2, 0.25) is 0 Å². The second-order valence-electron chi connectivity index (χ2n) is 7.01. The normalized spacial score (nSPS) is 15.2. The molecule has 1 saturated heterocycles. The minimum absolute atomic E-state index is 0.00921. The lowest BCUT2D eigenvalue weighted by Gasteiger charge is -2.32. The zero-order chi connectivity index (χ0) is 18.8. The second-order valence-corrected chi connectivity index (χ2v) is 7.01. The monoisotopic (exact) mass is 363 g/mol. The van der Waals surface area contributed by atoms with Gasteiger partial charge in [-0.25, -0.2) is 9.97 Å². The summed E-state index contributed by atoms with van der Waals surface area (Å²) in [7, 11) is 0. The summed E-state index contributed by atoms with van der Waals surface area (Å²) in [6, 6.07) is 7.53. The smallest absolute Gasteiger partial charge is 0.274 e. The van der Waals surface area contributed by atoms with Gasteiger partial charge in [-0.3, -0.25) is 19.1 Å². The predicted molar refractivity (Wildman–Crippen MR) is 101 cm³/mol. The fraction of sp³-hybridized carbons (Fsp3) is 0.350. The molecule has 3 aromatic rings. The second kappa shape index (κ2) is 7.26. The van der Waals surface area contributed by atoms with Crippen LogP contribution in [0.1, 0.15) is 28.9 Å². The number of amides is 1. The van der Waals surface area contributed by atoms with Crippen molar-refractivity contribution < 1.29 is 4.79 Å². The number of likely N-dealkylation sites (tertiary alicyclic amines) is 1. The molecule has 7 nitrogen and oxygen atoms in total. The first kappa shape index (κ1) is 17.3. The molecule has 27 heavy (non-hydrogen) atoms. The van der Waals surface area contributed by atoms with Gasteiger partial charge in [-0.15, -0.1) is 0 Å². The van der Waals surface area contributed by atoms with Crippen molar-refractivity contribution in [2.45, 2.75) is 26.3 Å². The summed E-state index contributed by atoms with van der Waals surface area (Å²) in [5.41, 5.74) is 2.55. The Morgan fingerprint density at radius 3 is 2.67 bits per heavy atom. The molecule has 0 radical (unpaired) electrons. The van der Waals surface area contributed by atoms with E-state index in [1.165, 1.54) is 0 Å². The molecule has 3 heterocycles. The van der Waals surface area contributed by atoms with E-state index in [1.807, 2.05) is 29.2 Å². The van der Waals surface area contributed by atoms with Crippen LogP contribution in [0.25, 0.3) is 11.0 Å². The van der Waals surface area contributed by atoms with Crippen LogP contribution in [-0.4, -0.2) is 43.4 Å². The van der Waals surface area contributed by atoms with Crippen molar-refractivity contribution in [1.29, 1.82) is 0 Å². The molecule has 0 N–H and O–H groups in total. The van der Waals surface area contributed by atoms with E-state index in [9.17, 15) is 9.59 Å². The van der Waals surface area contributed by atoms with Crippen molar-refractivity contribution in [2.24, 2.45) is 5.92 Å². The zero-order valence-electron chi connectivity index (χ0n) is 15.2. The molecule has 138 valence electrons. The lowest BCUT2D eigenvalue weighted by atomic mass is 9.96. The number of benzene rings is 1. The van der Waals surface area contributed by atoms with E-state index >= 15 is 0 Å². The lowest BCUT2D eigenvalue weighted by Crippen LogP contribution is -2.40. The molecule has 0 saturated carbocycles. The molecule has 0 unspecified atom stereocenters. The van der Waals surface area contributed by atoms with Crippen molar-refractivity contribution in [1.82, 2.24) is 24.4 Å². The minimum atomic E-state index is -0.0823. The van der Waals surface area contributed by atoms with Crippen molar-refractivity contribution in [3.05, 3.63) is 64.6 Å². The molecule has 7 heteroatoms. The average Bonchev–Trinajstić information content (AvgIpc) is 2.71. The third kappa shape index (κ3) is 3.58. The summed E-state index contributed by atoms with van der Waals surface area (Å²) in [6.07, 6.45) is 6.44. The molecule has 0 bridgehead atoms. The van der Waals surface area contributed by atoms with Crippen LogP contribution in [-0.2, 0) is 6.54 Å². The topological polar surface area (TPSA) is 81.0 Å². The Labute approximate surface area is 156 Å². The van der Waals surface area contributed by atoms with Crippen LogP contribution in [0.3, 0.4) is 0 Å². The van der Waals surface area contributed by atoms with E-state index in [2.05, 4.69) is 15.0 Å². The van der Waals surface area contributed by atoms with Gasteiger partial charge in [-0.2, -0.15) is 0 Å². The van der Waals surface area contributed by atoms with E-state index in [0.717, 1.165) is 23.9 Å². The highest BCUT2D eigenvalue weighted by atomic mass is 16.2. The number of piperidine rings is 1. The van der Waals surface area contributed by atoms with Gasteiger partial charge in [0.15, 0.2) is 0 Å². The SMILES string of the molecule is Cc1cncn(CC2CCN(C(=O)c3cnc4ccccc4n3)CC2)c1=O. The molecule has 1 aliphatic heterocycles. The van der Waals surface area contributed by atoms with E-state index in [4.69, 9.17) is 0 Å². The maximum atomic E-state index is 12.8. The molecular formula is C20H21N5O2. The van der Waals surface area contributed by atoms with Crippen LogP contribution in [0.5, 0.6) is 0 Å². The highest BCUT2D eigenvalue weighted by Gasteiger charge is 2.25. The van der Waals surface area contributed by atoms with Crippen LogP contribution in [0.2, 0.25) is 0 Å². The van der Waals surface area contributed by atoms with Gasteiger partial charge in [0.05, 0.1) is 23.6 Å². The van der Waals surface area contributed by atoms with E-state index in [0.29, 0.717) is 36.8 Å². The number of rotatable bonds is 3. The number of hydrogen-bond acceptors (Lipinski definition) is 5. The van der Waals surface area contributed by atoms with E-state index in [1.54, 1.807) is 30.2 Å². The minimum Gasteiger partial charge on any atom is -0.337 e. The molecule has 1 fully saturated rings. The van der Waals surface area contributed by atoms with Crippen molar-refractivity contribution in [3.63, 3.8) is 0 Å². The lowest BCUT2D eigenvalue weighted by molar-refractivity contribution is 0.0676. The van der Waals surface area contributed by atoms with Gasteiger partial charge in [0, 0.05) is 31.4 Å². The Hall–Kier alpha value is -3.09. The highest BCUT2D eigenvalue weighted by molar-refractivity contribution is 5.93. The summed E-state index contributed by atoms with van der Waals surface area (Å²) in [5.74, 6) is 0.277. The number of carbonyl (C=O) groups excluding carboxylic acids is 1. The van der Waals surface area contributed by atoms with Crippen LogP contribution < -0.4 is 5.56 Å². The molecule has 1 aliphatic rings. The summed E-state index contributed by atoms with van der Waals surface area (Å²) < 4.78 is 1.67. The molecular weight excluding hydrogens is 342 g/mol. The zero-order valence-corrected chi connectivity index (χ0v) is 15.2. The molecule has 1 aromatic carbocycles. The van der Waals surface area contributed by atoms with Gasteiger partial charge in [0.25, 0.3) is 11.5 Å². The first-order valence-electron chi connectivity index (χ1n) is 9.14. The third-order valence-electron chi connectivity index (χ3n) is 5.10. The Balaban J connectivity index is 1.41. The predicted octanol–water partition coefficient (Wildman–Crippen LogP) is 2.05. The number of fused-ring (bicyclic) bond motifs is 1. The van der Waals surface area contributed by atoms with Crippen LogP contribution in [0.15, 0.2) is 47.8 Å². The van der Waals surface area contributed by atoms with Crippen LogP contribution in [0, 0.1) is 12.8 Å². The number of hydrogen-bond donors (Lipinski definition) is 0. The van der Waals surface area contributed by atoms with Crippen LogP contribution >= 0.6 is 0 Å². The standard InChI is InChI=1S/C20H21N5O2/c1-14-10-21-13-25(19(14)26)12-15-6-8-24(9-7-15)20(27)18-11-22-16-4-2-3-5-17(16)23-18/h2-5,10-11,13,15H,6-9,12H2,1H3. The van der Waals surface area contributed by atoms with Crippen molar-refractivity contribution >= 4 is 16.9 Å². The Bertz CT molecular complexity index is 1040. The molecule has 0 atom stereocenters. The molecule has 1 amide bonds. The van der Waals surface area contributed by atoms with Crippen LogP contribution in [0.4, 0.5) is 0 Å². The first-order valence-corrected chi connectivity index (χ1v) is 9.14. The van der Waals surface area contributed by atoms with Gasteiger partial charge in [0.1, 0.15) is 5.69 Å². The van der Waals surface area contributed by atoms with Crippen molar-refractivity contribution in [3.8, 4) is 0 Å². The Morgan fingerprint density at radius 2 is 1.89 bits per heavy atom. The van der Waals surface area contributed by atoms with Gasteiger partial charge >= 0.3 is 0 Å². The summed E-state index contributed by atoms with van der Waals surface area (Å²) >= 11 is 0. The molecule has 0 aliphatic carbocycles. The highest BCUT2D eigenvalue weighted by Crippen LogP contribution is 2.20. The van der Waals surface area contributed by atoms with Crippen molar-refractivity contribution in [2.75, 3.05) is 13.1 Å². The number of carbonyl (C=O) groups is 1. The summed E-state index contributed by atoms with van der Waals surface area (Å²) in [4.78, 5) is 39.6. The summed E-state index contributed by atoms with van der Waals surface area (Å²) in [6.45, 7) is 3.74. The number of aromatic nitrogens is 4. The molecule has 0 spiro atoms. The molecule has 2 aromatic heterocycles. The van der Waals surface area contributed by atoms with E-state index < -0.39 is 0 Å². The summed E-state index contributed by atoms with van der Waals surface area (Å²) in [5, 5.41) is 0. The number of nitrogens with zero attached hydrogens (tertiary/aromatic N) is 5. The fourth-order valence-corrected chi connectivity index (χ4v) is 3.51. The van der Waals surface area contributed by atoms with Gasteiger partial charge in [-0.1, -0.05) is 12.1 Å². The van der Waals surface area contributed by atoms with E-state index in [-0.39, 0.29) is 11.5 Å². The third-order valence-corrected chi connectivity index (χ3v) is 5.10. The Morgan fingerprint density at radius 1 is 1.15 bits per heavy atom. The average molecular weight is 363 g/mol. The van der Waals surface area contributed by atoms with Gasteiger partial charge in [-0.05, 0) is 37.8 Å². The largest absolute Gasteiger partial charge is 0.337 e. The fourth-order valence-electron chi connectivity index (χ4n) is 3.51.